The molecule has 0 amide bonds. The third kappa shape index (κ3) is 1.97. The lowest BCUT2D eigenvalue weighted by atomic mass is 10.1. The monoisotopic (exact) mass is 182 g/mol. The van der Waals surface area contributed by atoms with Gasteiger partial charge in [-0.15, -0.1) is 0 Å². The van der Waals surface area contributed by atoms with E-state index >= 15 is 0 Å². The molecule has 0 saturated heterocycles. The number of dihydropyridines is 1. The molecule has 0 spiro atoms. The molecule has 3 N–H and O–H groups in total. The van der Waals surface area contributed by atoms with E-state index in [1.165, 1.54) is 0 Å². The lowest BCUT2D eigenvalue weighted by Gasteiger charge is -2.22. The largest absolute Gasteiger partial charge is 0.416 e. The lowest BCUT2D eigenvalue weighted by molar-refractivity contribution is -0.0899. The van der Waals surface area contributed by atoms with Crippen molar-refractivity contribution in [1.29, 1.82) is 0 Å². The standard InChI is InChI=1S/C6H6F4N2/c7-5(11)3-4(1-2-12-5)6(8,9)10/h1-3,12H,11H2. The molecule has 0 aromatic carbocycles. The van der Waals surface area contributed by atoms with Crippen LogP contribution in [0.3, 0.4) is 0 Å². The Hall–Kier alpha value is -1.04. The van der Waals surface area contributed by atoms with Gasteiger partial charge in [-0.2, -0.15) is 17.6 Å². The molecule has 12 heavy (non-hydrogen) atoms. The Morgan fingerprint density at radius 1 is 1.42 bits per heavy atom. The summed E-state index contributed by atoms with van der Waals surface area (Å²) >= 11 is 0. The summed E-state index contributed by atoms with van der Waals surface area (Å²) in [6.07, 6.45) is -2.74. The van der Waals surface area contributed by atoms with Crippen molar-refractivity contribution in [3.8, 4) is 0 Å². The van der Waals surface area contributed by atoms with Crippen molar-refractivity contribution in [2.45, 2.75) is 12.1 Å². The van der Waals surface area contributed by atoms with Crippen LogP contribution in [0.2, 0.25) is 0 Å². The first-order valence-corrected chi connectivity index (χ1v) is 3.03. The average molecular weight is 182 g/mol. The van der Waals surface area contributed by atoms with Crippen molar-refractivity contribution in [3.05, 3.63) is 23.9 Å². The van der Waals surface area contributed by atoms with Gasteiger partial charge in [0.2, 0.25) is 0 Å². The van der Waals surface area contributed by atoms with Crippen molar-refractivity contribution in [1.82, 2.24) is 5.32 Å². The van der Waals surface area contributed by atoms with Gasteiger partial charge in [0, 0.05) is 12.3 Å². The number of nitrogens with one attached hydrogen (secondary N) is 1. The van der Waals surface area contributed by atoms with E-state index in [2.05, 4.69) is 0 Å². The van der Waals surface area contributed by atoms with E-state index in [-0.39, 0.29) is 6.08 Å². The van der Waals surface area contributed by atoms with Crippen molar-refractivity contribution in [3.63, 3.8) is 0 Å². The molecule has 0 saturated carbocycles. The minimum atomic E-state index is -4.56. The zero-order valence-electron chi connectivity index (χ0n) is 5.82. The van der Waals surface area contributed by atoms with E-state index in [0.29, 0.717) is 6.08 Å². The van der Waals surface area contributed by atoms with Crippen LogP contribution in [0.1, 0.15) is 0 Å². The minimum absolute atomic E-state index is 0.285. The summed E-state index contributed by atoms with van der Waals surface area (Å²) in [5, 5.41) is 1.91. The minimum Gasteiger partial charge on any atom is -0.344 e. The smallest absolute Gasteiger partial charge is 0.344 e. The van der Waals surface area contributed by atoms with Gasteiger partial charge >= 0.3 is 6.18 Å². The van der Waals surface area contributed by atoms with E-state index < -0.39 is 17.7 Å². The molecule has 1 aliphatic rings. The summed E-state index contributed by atoms with van der Waals surface area (Å²) in [4.78, 5) is 0. The summed E-state index contributed by atoms with van der Waals surface area (Å²) < 4.78 is 48.4. The maximum Gasteiger partial charge on any atom is 0.416 e. The van der Waals surface area contributed by atoms with Crippen LogP contribution in [0.4, 0.5) is 17.6 Å². The highest BCUT2D eigenvalue weighted by atomic mass is 19.4. The van der Waals surface area contributed by atoms with Crippen molar-refractivity contribution < 1.29 is 17.6 Å². The SMILES string of the molecule is NC1(F)C=C(C(F)(F)F)C=CN1. The highest BCUT2D eigenvalue weighted by molar-refractivity contribution is 5.29. The third-order valence-corrected chi connectivity index (χ3v) is 1.26. The second-order valence-corrected chi connectivity index (χ2v) is 2.34. The van der Waals surface area contributed by atoms with Gasteiger partial charge in [0.15, 0.2) is 0 Å². The Bertz CT molecular complexity index is 235. The predicted molar refractivity (Wildman–Crippen MR) is 34.4 cm³/mol. The van der Waals surface area contributed by atoms with Crippen LogP contribution in [0.5, 0.6) is 0 Å². The normalized spacial score (nSPS) is 29.6. The summed E-state index contributed by atoms with van der Waals surface area (Å²) in [5.41, 5.74) is 3.67. The Morgan fingerprint density at radius 3 is 2.33 bits per heavy atom. The summed E-state index contributed by atoms with van der Waals surface area (Å²) in [7, 11) is 0. The van der Waals surface area contributed by atoms with Crippen LogP contribution in [0.25, 0.3) is 0 Å². The zero-order chi connectivity index (χ0) is 9.41. The first-order chi connectivity index (χ1) is 5.31. The van der Waals surface area contributed by atoms with E-state index in [9.17, 15) is 17.6 Å². The molecule has 68 valence electrons. The Kier molecular flexibility index (Phi) is 1.87. The Labute approximate surface area is 65.7 Å². The second-order valence-electron chi connectivity index (χ2n) is 2.34. The maximum atomic E-state index is 12.7. The fourth-order valence-electron chi connectivity index (χ4n) is 0.752. The van der Waals surface area contributed by atoms with Gasteiger partial charge in [-0.05, 0) is 6.08 Å². The first-order valence-electron chi connectivity index (χ1n) is 3.03. The number of rotatable bonds is 0. The lowest BCUT2D eigenvalue weighted by Crippen LogP contribution is -2.47. The highest BCUT2D eigenvalue weighted by Gasteiger charge is 2.36. The molecule has 0 aliphatic carbocycles. The fourth-order valence-corrected chi connectivity index (χ4v) is 0.752. The second kappa shape index (κ2) is 2.48. The predicted octanol–water partition coefficient (Wildman–Crippen LogP) is 1.17. The number of halogens is 4. The molecular weight excluding hydrogens is 176 g/mol. The maximum absolute atomic E-state index is 12.7. The molecular formula is C6H6F4N2. The van der Waals surface area contributed by atoms with Crippen molar-refractivity contribution in [2.75, 3.05) is 0 Å². The topological polar surface area (TPSA) is 38.0 Å². The molecule has 1 unspecified atom stereocenters. The van der Waals surface area contributed by atoms with E-state index in [1.807, 2.05) is 5.32 Å². The molecule has 1 aliphatic heterocycles. The Balaban J connectivity index is 2.92. The Morgan fingerprint density at radius 2 is 2.00 bits per heavy atom. The summed E-state index contributed by atoms with van der Waals surface area (Å²) in [5.74, 6) is -2.61. The van der Waals surface area contributed by atoms with Gasteiger partial charge in [-0.3, -0.25) is 5.73 Å². The number of nitrogens with two attached hydrogens (primary N) is 1. The molecule has 0 radical (unpaired) electrons. The quantitative estimate of drug-likeness (QED) is 0.436. The van der Waals surface area contributed by atoms with Crippen LogP contribution in [0.15, 0.2) is 23.9 Å². The van der Waals surface area contributed by atoms with Crippen LogP contribution >= 0.6 is 0 Å². The summed E-state index contributed by atoms with van der Waals surface area (Å²) in [6, 6.07) is 0. The molecule has 1 heterocycles. The van der Waals surface area contributed by atoms with Gasteiger partial charge in [0.25, 0.3) is 5.92 Å². The van der Waals surface area contributed by atoms with Crippen molar-refractivity contribution >= 4 is 0 Å². The molecule has 0 aromatic rings. The van der Waals surface area contributed by atoms with Gasteiger partial charge < -0.3 is 5.32 Å². The first kappa shape index (κ1) is 9.05. The fraction of sp³-hybridized carbons (Fsp3) is 0.333. The number of alkyl halides is 4. The summed E-state index contributed by atoms with van der Waals surface area (Å²) in [6.45, 7) is 0. The zero-order valence-corrected chi connectivity index (χ0v) is 5.82. The highest BCUT2D eigenvalue weighted by Crippen LogP contribution is 2.29. The van der Waals surface area contributed by atoms with Crippen LogP contribution in [-0.4, -0.2) is 12.1 Å². The molecule has 2 nitrogen and oxygen atoms in total. The van der Waals surface area contributed by atoms with E-state index in [1.54, 1.807) is 0 Å². The average Bonchev–Trinajstić information content (AvgIpc) is 1.83. The number of hydrogen-bond acceptors (Lipinski definition) is 2. The van der Waals surface area contributed by atoms with E-state index in [4.69, 9.17) is 5.73 Å². The number of hydrogen-bond donors (Lipinski definition) is 2. The molecule has 0 fully saturated rings. The molecule has 1 rings (SSSR count). The molecule has 0 aromatic heterocycles. The van der Waals surface area contributed by atoms with Crippen molar-refractivity contribution in [2.24, 2.45) is 5.73 Å². The van der Waals surface area contributed by atoms with Gasteiger partial charge in [-0.25, -0.2) is 0 Å². The van der Waals surface area contributed by atoms with Gasteiger partial charge in [0.1, 0.15) is 0 Å². The third-order valence-electron chi connectivity index (χ3n) is 1.26. The molecule has 0 bridgehead atoms. The van der Waals surface area contributed by atoms with Gasteiger partial charge in [-0.1, -0.05) is 0 Å². The van der Waals surface area contributed by atoms with Crippen LogP contribution < -0.4 is 11.1 Å². The van der Waals surface area contributed by atoms with Crippen LogP contribution in [0, 0.1) is 0 Å². The van der Waals surface area contributed by atoms with Gasteiger partial charge in [0.05, 0.1) is 5.57 Å². The molecule has 6 heteroatoms. The van der Waals surface area contributed by atoms with Crippen LogP contribution in [-0.2, 0) is 0 Å². The molecule has 1 atom stereocenters. The van der Waals surface area contributed by atoms with E-state index in [0.717, 1.165) is 6.20 Å². The number of allylic oxidation sites excluding steroid dienone is 2.